The second-order valence-electron chi connectivity index (χ2n) is 4.40. The number of para-hydroxylation sites is 1. The lowest BCUT2D eigenvalue weighted by atomic mass is 10.3. The highest BCUT2D eigenvalue weighted by molar-refractivity contribution is 6.30. The van der Waals surface area contributed by atoms with Crippen molar-refractivity contribution in [2.24, 2.45) is 5.10 Å². The van der Waals surface area contributed by atoms with Crippen LogP contribution in [0.2, 0.25) is 5.02 Å². The number of carbonyl (C=O) groups is 1. The fraction of sp³-hybridized carbons (Fsp3) is 0.0667. The largest absolute Gasteiger partial charge is 0.342 e. The number of hydrogen-bond donors (Lipinski definition) is 1. The molecule has 20 heavy (non-hydrogen) atoms. The standard InChI is InChI=1S/C15H12ClN3O/c16-11-6-8-12(9-7-11)17-14-10-15(20)19(18-14)13-4-2-1-3-5-13/h1-9H,10H2,(H,17,18). The zero-order valence-electron chi connectivity index (χ0n) is 10.6. The SMILES string of the molecule is O=C1CC(Nc2ccc(Cl)cc2)=NN1c1ccccc1. The van der Waals surface area contributed by atoms with Crippen molar-refractivity contribution >= 4 is 34.7 Å². The molecule has 0 saturated heterocycles. The van der Waals surface area contributed by atoms with E-state index >= 15 is 0 Å². The molecule has 0 atom stereocenters. The fourth-order valence-corrected chi connectivity index (χ4v) is 2.10. The van der Waals surface area contributed by atoms with Gasteiger partial charge in [-0.3, -0.25) is 4.79 Å². The van der Waals surface area contributed by atoms with Gasteiger partial charge < -0.3 is 5.32 Å². The molecule has 0 radical (unpaired) electrons. The maximum absolute atomic E-state index is 12.0. The molecule has 0 saturated carbocycles. The number of hydrogen-bond acceptors (Lipinski definition) is 3. The average molecular weight is 286 g/mol. The Morgan fingerprint density at radius 3 is 2.45 bits per heavy atom. The van der Waals surface area contributed by atoms with Crippen molar-refractivity contribution in [1.29, 1.82) is 0 Å². The minimum Gasteiger partial charge on any atom is -0.342 e. The maximum Gasteiger partial charge on any atom is 0.255 e. The van der Waals surface area contributed by atoms with Crippen molar-refractivity contribution in [2.75, 3.05) is 10.3 Å². The van der Waals surface area contributed by atoms with Gasteiger partial charge in [-0.15, -0.1) is 0 Å². The Kier molecular flexibility index (Phi) is 3.39. The van der Waals surface area contributed by atoms with Crippen LogP contribution in [0.4, 0.5) is 11.4 Å². The van der Waals surface area contributed by atoms with Crippen LogP contribution in [0.1, 0.15) is 6.42 Å². The van der Waals surface area contributed by atoms with Gasteiger partial charge in [0.1, 0.15) is 5.84 Å². The second kappa shape index (κ2) is 5.35. The predicted octanol–water partition coefficient (Wildman–Crippen LogP) is 3.50. The number of nitrogens with one attached hydrogen (secondary N) is 1. The first kappa shape index (κ1) is 12.7. The summed E-state index contributed by atoms with van der Waals surface area (Å²) in [6, 6.07) is 16.6. The molecule has 0 fully saturated rings. The molecule has 0 unspecified atom stereocenters. The lowest BCUT2D eigenvalue weighted by molar-refractivity contribution is -0.116. The number of rotatable bonds is 2. The normalized spacial score (nSPS) is 14.3. The number of anilines is 2. The van der Waals surface area contributed by atoms with Crippen LogP contribution in [0.25, 0.3) is 0 Å². The molecule has 1 aliphatic heterocycles. The maximum atomic E-state index is 12.0. The number of hydrazone groups is 1. The van der Waals surface area contributed by atoms with E-state index in [0.29, 0.717) is 10.9 Å². The molecule has 1 aliphatic rings. The fourth-order valence-electron chi connectivity index (χ4n) is 1.97. The van der Waals surface area contributed by atoms with Crippen LogP contribution in [0.5, 0.6) is 0 Å². The topological polar surface area (TPSA) is 44.7 Å². The van der Waals surface area contributed by atoms with Gasteiger partial charge in [0.25, 0.3) is 5.91 Å². The second-order valence-corrected chi connectivity index (χ2v) is 4.83. The molecule has 0 aliphatic carbocycles. The van der Waals surface area contributed by atoms with Crippen LogP contribution in [0, 0.1) is 0 Å². The van der Waals surface area contributed by atoms with Crippen molar-refractivity contribution < 1.29 is 4.79 Å². The van der Waals surface area contributed by atoms with Gasteiger partial charge in [-0.2, -0.15) is 10.1 Å². The summed E-state index contributed by atoms with van der Waals surface area (Å²) in [5, 5.41) is 9.53. The lowest BCUT2D eigenvalue weighted by Gasteiger charge is -2.10. The molecule has 3 rings (SSSR count). The Labute approximate surface area is 121 Å². The first-order chi connectivity index (χ1) is 9.72. The number of nitrogens with zero attached hydrogens (tertiary/aromatic N) is 2. The first-order valence-corrected chi connectivity index (χ1v) is 6.58. The van der Waals surface area contributed by atoms with Crippen LogP contribution < -0.4 is 10.3 Å². The summed E-state index contributed by atoms with van der Waals surface area (Å²) in [7, 11) is 0. The summed E-state index contributed by atoms with van der Waals surface area (Å²) in [6.07, 6.45) is 0.261. The molecule has 4 nitrogen and oxygen atoms in total. The van der Waals surface area contributed by atoms with Crippen molar-refractivity contribution in [3.05, 3.63) is 59.6 Å². The quantitative estimate of drug-likeness (QED) is 0.918. The summed E-state index contributed by atoms with van der Waals surface area (Å²) < 4.78 is 0. The van der Waals surface area contributed by atoms with Crippen LogP contribution in [-0.4, -0.2) is 11.7 Å². The third kappa shape index (κ3) is 2.65. The number of halogens is 1. The number of carbonyl (C=O) groups excluding carboxylic acids is 1. The predicted molar refractivity (Wildman–Crippen MR) is 81.1 cm³/mol. The third-order valence-electron chi connectivity index (χ3n) is 2.91. The first-order valence-electron chi connectivity index (χ1n) is 6.20. The van der Waals surface area contributed by atoms with E-state index < -0.39 is 0 Å². The van der Waals surface area contributed by atoms with Crippen molar-refractivity contribution in [1.82, 2.24) is 0 Å². The molecule has 5 heteroatoms. The molecule has 1 N–H and O–H groups in total. The van der Waals surface area contributed by atoms with Crippen molar-refractivity contribution in [3.63, 3.8) is 0 Å². The molecule has 0 spiro atoms. The van der Waals surface area contributed by atoms with E-state index in [4.69, 9.17) is 11.6 Å². The van der Waals surface area contributed by atoms with Gasteiger partial charge in [-0.05, 0) is 36.4 Å². The highest BCUT2D eigenvalue weighted by Crippen LogP contribution is 2.21. The van der Waals surface area contributed by atoms with Crippen LogP contribution in [-0.2, 0) is 4.79 Å². The lowest BCUT2D eigenvalue weighted by Crippen LogP contribution is -2.19. The summed E-state index contributed by atoms with van der Waals surface area (Å²) in [6.45, 7) is 0. The molecule has 100 valence electrons. The molecule has 0 aromatic heterocycles. The smallest absolute Gasteiger partial charge is 0.255 e. The Balaban J connectivity index is 1.78. The van der Waals surface area contributed by atoms with Crippen LogP contribution >= 0.6 is 11.6 Å². The summed E-state index contributed by atoms with van der Waals surface area (Å²) in [4.78, 5) is 12.0. The number of amides is 1. The summed E-state index contributed by atoms with van der Waals surface area (Å²) in [5.74, 6) is 0.578. The van der Waals surface area contributed by atoms with Crippen LogP contribution in [0.15, 0.2) is 59.7 Å². The minimum atomic E-state index is -0.0485. The third-order valence-corrected chi connectivity index (χ3v) is 3.16. The number of amidine groups is 1. The Morgan fingerprint density at radius 2 is 1.75 bits per heavy atom. The molecular formula is C15H12ClN3O. The summed E-state index contributed by atoms with van der Waals surface area (Å²) >= 11 is 5.83. The van der Waals surface area contributed by atoms with Gasteiger partial charge in [0.15, 0.2) is 0 Å². The van der Waals surface area contributed by atoms with Gasteiger partial charge in [0.2, 0.25) is 0 Å². The van der Waals surface area contributed by atoms with Crippen molar-refractivity contribution in [3.8, 4) is 0 Å². The van der Waals surface area contributed by atoms with Crippen LogP contribution in [0.3, 0.4) is 0 Å². The zero-order chi connectivity index (χ0) is 13.9. The summed E-state index contributed by atoms with van der Waals surface area (Å²) in [5.41, 5.74) is 1.63. The highest BCUT2D eigenvalue weighted by Gasteiger charge is 2.25. The minimum absolute atomic E-state index is 0.0485. The van der Waals surface area contributed by atoms with Gasteiger partial charge in [0, 0.05) is 10.7 Å². The van der Waals surface area contributed by atoms with Gasteiger partial charge in [0.05, 0.1) is 12.1 Å². The Hall–Kier alpha value is -2.33. The Morgan fingerprint density at radius 1 is 1.05 bits per heavy atom. The molecule has 2 aromatic rings. The van der Waals surface area contributed by atoms with Gasteiger partial charge >= 0.3 is 0 Å². The number of benzene rings is 2. The van der Waals surface area contributed by atoms with Crippen molar-refractivity contribution in [2.45, 2.75) is 6.42 Å². The van der Waals surface area contributed by atoms with E-state index in [1.165, 1.54) is 5.01 Å². The van der Waals surface area contributed by atoms with E-state index in [1.54, 1.807) is 12.1 Å². The monoisotopic (exact) mass is 285 g/mol. The van der Waals surface area contributed by atoms with Gasteiger partial charge in [-0.1, -0.05) is 29.8 Å². The van der Waals surface area contributed by atoms with E-state index in [9.17, 15) is 4.79 Å². The van der Waals surface area contributed by atoms with E-state index in [2.05, 4.69) is 10.4 Å². The molecular weight excluding hydrogens is 274 g/mol. The zero-order valence-corrected chi connectivity index (χ0v) is 11.3. The molecule has 2 aromatic carbocycles. The average Bonchev–Trinajstić information content (AvgIpc) is 2.83. The van der Waals surface area contributed by atoms with Gasteiger partial charge in [-0.25, -0.2) is 0 Å². The molecule has 1 heterocycles. The molecule has 1 amide bonds. The van der Waals surface area contributed by atoms with E-state index in [-0.39, 0.29) is 12.3 Å². The van der Waals surface area contributed by atoms with E-state index in [1.807, 2.05) is 42.5 Å². The Bertz CT molecular complexity index is 653. The molecule has 0 bridgehead atoms. The van der Waals surface area contributed by atoms with E-state index in [0.717, 1.165) is 11.4 Å². The highest BCUT2D eigenvalue weighted by atomic mass is 35.5.